The number of rotatable bonds is 7. The number of benzene rings is 1. The Morgan fingerprint density at radius 2 is 2.17 bits per heavy atom. The second-order valence-corrected chi connectivity index (χ2v) is 4.84. The summed E-state index contributed by atoms with van der Waals surface area (Å²) in [6.07, 6.45) is 1.07. The Balaban J connectivity index is 2.96. The number of hydrogen-bond donors (Lipinski definition) is 1. The minimum absolute atomic E-state index is 0.432. The van der Waals surface area contributed by atoms with Gasteiger partial charge in [0.05, 0.1) is 17.3 Å². The molecule has 0 saturated heterocycles. The maximum absolute atomic E-state index is 6.34. The molecule has 4 heteroatoms. The molecule has 102 valence electrons. The predicted octanol–water partition coefficient (Wildman–Crippen LogP) is 3.05. The number of methoxy groups -OCH3 is 1. The second-order valence-electron chi connectivity index (χ2n) is 4.43. The average Bonchev–Trinajstić information content (AvgIpc) is 2.39. The number of halogens is 1. The quantitative estimate of drug-likeness (QED) is 0.828. The van der Waals surface area contributed by atoms with Crippen LogP contribution in [0.1, 0.15) is 25.8 Å². The number of nitrogens with two attached hydrogens (primary N) is 1. The molecule has 0 bridgehead atoms. The number of ether oxygens (including phenoxy) is 1. The van der Waals surface area contributed by atoms with Gasteiger partial charge in [0.1, 0.15) is 0 Å². The molecule has 1 aromatic rings. The van der Waals surface area contributed by atoms with E-state index >= 15 is 0 Å². The zero-order valence-corrected chi connectivity index (χ0v) is 12.2. The Bertz CT molecular complexity index is 371. The van der Waals surface area contributed by atoms with Crippen LogP contribution in [0.2, 0.25) is 5.02 Å². The third kappa shape index (κ3) is 3.87. The first kappa shape index (κ1) is 15.3. The Kier molecular flexibility index (Phi) is 6.47. The molecule has 1 aromatic carbocycles. The van der Waals surface area contributed by atoms with Gasteiger partial charge in [-0.25, -0.2) is 0 Å². The van der Waals surface area contributed by atoms with Crippen LogP contribution < -0.4 is 10.6 Å². The van der Waals surface area contributed by atoms with Crippen molar-refractivity contribution in [1.29, 1.82) is 0 Å². The molecule has 0 aliphatic rings. The highest BCUT2D eigenvalue weighted by Gasteiger charge is 2.15. The van der Waals surface area contributed by atoms with Gasteiger partial charge in [-0.15, -0.1) is 0 Å². The van der Waals surface area contributed by atoms with Crippen LogP contribution in [0, 0.1) is 0 Å². The smallest absolute Gasteiger partial charge is 0.0642 e. The SMILES string of the molecule is CCC(C)N(CCOC)c1ccc(CN)cc1Cl. The predicted molar refractivity (Wildman–Crippen MR) is 78.3 cm³/mol. The fourth-order valence-electron chi connectivity index (χ4n) is 1.90. The van der Waals surface area contributed by atoms with E-state index in [0.29, 0.717) is 19.2 Å². The van der Waals surface area contributed by atoms with Gasteiger partial charge in [-0.05, 0) is 31.0 Å². The van der Waals surface area contributed by atoms with Gasteiger partial charge >= 0.3 is 0 Å². The molecule has 18 heavy (non-hydrogen) atoms. The lowest BCUT2D eigenvalue weighted by molar-refractivity contribution is 0.203. The molecule has 3 nitrogen and oxygen atoms in total. The molecule has 0 fully saturated rings. The number of nitrogens with zero attached hydrogens (tertiary/aromatic N) is 1. The summed E-state index contributed by atoms with van der Waals surface area (Å²) >= 11 is 6.34. The normalized spacial score (nSPS) is 12.5. The van der Waals surface area contributed by atoms with Crippen LogP contribution in [0.3, 0.4) is 0 Å². The molecule has 1 unspecified atom stereocenters. The molecular formula is C14H23ClN2O. The van der Waals surface area contributed by atoms with Crippen molar-refractivity contribution in [2.45, 2.75) is 32.9 Å². The van der Waals surface area contributed by atoms with Crippen LogP contribution >= 0.6 is 11.6 Å². The Hall–Kier alpha value is -0.770. The lowest BCUT2D eigenvalue weighted by Crippen LogP contribution is -2.35. The zero-order valence-electron chi connectivity index (χ0n) is 11.4. The molecule has 0 aromatic heterocycles. The fourth-order valence-corrected chi connectivity index (χ4v) is 2.21. The van der Waals surface area contributed by atoms with Gasteiger partial charge in [0.25, 0.3) is 0 Å². The maximum Gasteiger partial charge on any atom is 0.0642 e. The van der Waals surface area contributed by atoms with Crippen LogP contribution in [-0.4, -0.2) is 26.3 Å². The first-order valence-electron chi connectivity index (χ1n) is 6.38. The van der Waals surface area contributed by atoms with Gasteiger partial charge in [0, 0.05) is 26.2 Å². The standard InChI is InChI=1S/C14H23ClN2O/c1-4-11(2)17(7-8-18-3)14-6-5-12(10-16)9-13(14)15/h5-6,9,11H,4,7-8,10,16H2,1-3H3. The van der Waals surface area contributed by atoms with Crippen molar-refractivity contribution in [3.05, 3.63) is 28.8 Å². The summed E-state index contributed by atoms with van der Waals surface area (Å²) < 4.78 is 5.17. The summed E-state index contributed by atoms with van der Waals surface area (Å²) in [7, 11) is 1.72. The molecular weight excluding hydrogens is 248 g/mol. The lowest BCUT2D eigenvalue weighted by Gasteiger charge is -2.31. The van der Waals surface area contributed by atoms with Crippen LogP contribution in [0.4, 0.5) is 5.69 Å². The molecule has 0 spiro atoms. The number of hydrogen-bond acceptors (Lipinski definition) is 3. The van der Waals surface area contributed by atoms with Crippen LogP contribution in [-0.2, 0) is 11.3 Å². The molecule has 0 heterocycles. The maximum atomic E-state index is 6.34. The summed E-state index contributed by atoms with van der Waals surface area (Å²) in [5.74, 6) is 0. The summed E-state index contributed by atoms with van der Waals surface area (Å²) in [4.78, 5) is 2.28. The molecule has 0 radical (unpaired) electrons. The van der Waals surface area contributed by atoms with Crippen molar-refractivity contribution in [1.82, 2.24) is 0 Å². The van der Waals surface area contributed by atoms with Crippen LogP contribution in [0.5, 0.6) is 0 Å². The van der Waals surface area contributed by atoms with Crippen molar-refractivity contribution >= 4 is 17.3 Å². The van der Waals surface area contributed by atoms with E-state index in [1.807, 2.05) is 18.2 Å². The first-order chi connectivity index (χ1) is 8.63. The second kappa shape index (κ2) is 7.62. The van der Waals surface area contributed by atoms with Crippen molar-refractivity contribution in [3.63, 3.8) is 0 Å². The Labute approximate surface area is 115 Å². The molecule has 1 rings (SSSR count). The average molecular weight is 271 g/mol. The molecule has 0 amide bonds. The third-order valence-corrected chi connectivity index (χ3v) is 3.52. The van der Waals surface area contributed by atoms with E-state index in [9.17, 15) is 0 Å². The summed E-state index contributed by atoms with van der Waals surface area (Å²) in [5, 5.41) is 0.759. The third-order valence-electron chi connectivity index (χ3n) is 3.22. The first-order valence-corrected chi connectivity index (χ1v) is 6.75. The molecule has 0 aliphatic carbocycles. The van der Waals surface area contributed by atoms with Gasteiger partial charge in [0.15, 0.2) is 0 Å². The topological polar surface area (TPSA) is 38.5 Å². The van der Waals surface area contributed by atoms with Crippen molar-refractivity contribution in [2.24, 2.45) is 5.73 Å². The van der Waals surface area contributed by atoms with Gasteiger partial charge in [-0.1, -0.05) is 24.6 Å². The van der Waals surface area contributed by atoms with Gasteiger partial charge < -0.3 is 15.4 Å². The van der Waals surface area contributed by atoms with Crippen molar-refractivity contribution in [2.75, 3.05) is 25.2 Å². The molecule has 1 atom stereocenters. The molecule has 2 N–H and O–H groups in total. The lowest BCUT2D eigenvalue weighted by atomic mass is 10.1. The summed E-state index contributed by atoms with van der Waals surface area (Å²) in [6.45, 7) is 6.42. The van der Waals surface area contributed by atoms with Gasteiger partial charge in [-0.2, -0.15) is 0 Å². The largest absolute Gasteiger partial charge is 0.383 e. The summed E-state index contributed by atoms with van der Waals surface area (Å²) in [6, 6.07) is 6.45. The van der Waals surface area contributed by atoms with E-state index in [0.717, 1.165) is 29.2 Å². The van der Waals surface area contributed by atoms with E-state index in [2.05, 4.69) is 18.7 Å². The minimum atomic E-state index is 0.432. The highest BCUT2D eigenvalue weighted by Crippen LogP contribution is 2.28. The monoisotopic (exact) mass is 270 g/mol. The summed E-state index contributed by atoms with van der Waals surface area (Å²) in [5.41, 5.74) is 7.73. The fraction of sp³-hybridized carbons (Fsp3) is 0.571. The van der Waals surface area contributed by atoms with E-state index in [-0.39, 0.29) is 0 Å². The van der Waals surface area contributed by atoms with Crippen LogP contribution in [0.15, 0.2) is 18.2 Å². The van der Waals surface area contributed by atoms with E-state index in [1.165, 1.54) is 0 Å². The van der Waals surface area contributed by atoms with Gasteiger partial charge in [0.2, 0.25) is 0 Å². The van der Waals surface area contributed by atoms with Crippen LogP contribution in [0.25, 0.3) is 0 Å². The van der Waals surface area contributed by atoms with Crippen molar-refractivity contribution < 1.29 is 4.74 Å². The Morgan fingerprint density at radius 3 is 2.67 bits per heavy atom. The minimum Gasteiger partial charge on any atom is -0.383 e. The highest BCUT2D eigenvalue weighted by molar-refractivity contribution is 6.33. The van der Waals surface area contributed by atoms with E-state index in [4.69, 9.17) is 22.1 Å². The molecule has 0 saturated carbocycles. The van der Waals surface area contributed by atoms with E-state index < -0.39 is 0 Å². The number of anilines is 1. The zero-order chi connectivity index (χ0) is 13.5. The Morgan fingerprint density at radius 1 is 1.44 bits per heavy atom. The molecule has 0 aliphatic heterocycles. The van der Waals surface area contributed by atoms with E-state index in [1.54, 1.807) is 7.11 Å². The highest BCUT2D eigenvalue weighted by atomic mass is 35.5. The van der Waals surface area contributed by atoms with Crippen molar-refractivity contribution in [3.8, 4) is 0 Å². The van der Waals surface area contributed by atoms with Gasteiger partial charge in [-0.3, -0.25) is 0 Å².